The summed E-state index contributed by atoms with van der Waals surface area (Å²) in [4.78, 5) is 7.45. The molecule has 17 heteroatoms. The standard InChI is InChI=1S/C18H21FN4O2S.C13H13ClFNO2S.C5H9N3/c1-10-11(2)22-23-17(10)21-14-6-7-20-15-9-13(19)16(8-12(14)15)26(24,25)18(3,4)5;1-13(2,3)19(17,18)10-5-4-9-11(12(10)15)8(14)6-7-16-9;1-3-4(2)7-8-5(3)6/h6-9H,1-5H3,(H2,20,21,22,23);4-7H,1-3H3;1-2H3,(H3,6,7,8). The minimum absolute atomic E-state index is 0.0366. The summed E-state index contributed by atoms with van der Waals surface area (Å²) < 4.78 is 76.9. The number of rotatable bonds is 4. The molecule has 284 valence electrons. The van der Waals surface area contributed by atoms with Crippen LogP contribution in [0.2, 0.25) is 5.02 Å². The number of H-pyrrole nitrogens is 2. The predicted molar refractivity (Wildman–Crippen MR) is 206 cm³/mol. The van der Waals surface area contributed by atoms with Crippen molar-refractivity contribution < 1.29 is 25.6 Å². The lowest BCUT2D eigenvalue weighted by Gasteiger charge is -2.20. The van der Waals surface area contributed by atoms with Crippen molar-refractivity contribution in [2.75, 3.05) is 11.1 Å². The number of aryl methyl sites for hydroxylation is 2. The predicted octanol–water partition coefficient (Wildman–Crippen LogP) is 8.24. The largest absolute Gasteiger partial charge is 0.382 e. The van der Waals surface area contributed by atoms with Crippen molar-refractivity contribution in [1.82, 2.24) is 30.4 Å². The molecule has 0 radical (unpaired) electrons. The smallest absolute Gasteiger partial charge is 0.186 e. The molecule has 2 aromatic carbocycles. The van der Waals surface area contributed by atoms with Gasteiger partial charge in [-0.05, 0) is 99.6 Å². The van der Waals surface area contributed by atoms with Gasteiger partial charge in [-0.3, -0.25) is 20.2 Å². The van der Waals surface area contributed by atoms with Crippen LogP contribution in [0.25, 0.3) is 21.8 Å². The topological polar surface area (TPSA) is 189 Å². The zero-order chi connectivity index (χ0) is 39.8. The van der Waals surface area contributed by atoms with Crippen molar-refractivity contribution in [3.8, 4) is 0 Å². The highest BCUT2D eigenvalue weighted by Crippen LogP contribution is 2.35. The van der Waals surface area contributed by atoms with E-state index in [0.717, 1.165) is 28.6 Å². The van der Waals surface area contributed by atoms with Crippen LogP contribution in [-0.2, 0) is 19.7 Å². The molecule has 0 spiro atoms. The van der Waals surface area contributed by atoms with Crippen LogP contribution in [0.3, 0.4) is 0 Å². The van der Waals surface area contributed by atoms with E-state index in [4.69, 9.17) is 17.3 Å². The van der Waals surface area contributed by atoms with Gasteiger partial charge in [0.2, 0.25) is 0 Å². The van der Waals surface area contributed by atoms with Crippen LogP contribution in [0.4, 0.5) is 26.1 Å². The summed E-state index contributed by atoms with van der Waals surface area (Å²) in [6.07, 6.45) is 2.99. The van der Waals surface area contributed by atoms with E-state index in [1.54, 1.807) is 26.8 Å². The molecule has 0 atom stereocenters. The van der Waals surface area contributed by atoms with Gasteiger partial charge in [0.1, 0.15) is 21.4 Å². The van der Waals surface area contributed by atoms with E-state index in [-0.39, 0.29) is 20.2 Å². The first-order valence-electron chi connectivity index (χ1n) is 16.3. The molecule has 6 aromatic rings. The number of hydrogen-bond acceptors (Lipinski definition) is 10. The Morgan fingerprint density at radius 1 is 0.736 bits per heavy atom. The maximum Gasteiger partial charge on any atom is 0.186 e. The summed E-state index contributed by atoms with van der Waals surface area (Å²) in [5.41, 5.74) is 10.7. The number of halogens is 3. The maximum atomic E-state index is 14.5. The first-order valence-corrected chi connectivity index (χ1v) is 19.6. The summed E-state index contributed by atoms with van der Waals surface area (Å²) in [7, 11) is -7.62. The number of pyridine rings is 2. The van der Waals surface area contributed by atoms with Gasteiger partial charge in [0, 0.05) is 46.4 Å². The molecular weight excluding hydrogens is 746 g/mol. The molecule has 0 bridgehead atoms. The van der Waals surface area contributed by atoms with Crippen molar-refractivity contribution in [2.24, 2.45) is 0 Å². The van der Waals surface area contributed by atoms with Crippen LogP contribution >= 0.6 is 11.6 Å². The van der Waals surface area contributed by atoms with Gasteiger partial charge >= 0.3 is 0 Å². The molecule has 0 saturated heterocycles. The minimum atomic E-state index is -3.84. The number of nitrogens with one attached hydrogen (secondary N) is 3. The first kappa shape index (κ1) is 41.1. The zero-order valence-electron chi connectivity index (χ0n) is 31.1. The van der Waals surface area contributed by atoms with Crippen molar-refractivity contribution in [1.29, 1.82) is 0 Å². The van der Waals surface area contributed by atoms with Gasteiger partial charge < -0.3 is 11.1 Å². The molecule has 0 saturated carbocycles. The lowest BCUT2D eigenvalue weighted by Crippen LogP contribution is -2.28. The second kappa shape index (κ2) is 15.0. The van der Waals surface area contributed by atoms with Crippen LogP contribution < -0.4 is 11.1 Å². The Kier molecular flexibility index (Phi) is 11.6. The molecule has 0 unspecified atom stereocenters. The van der Waals surface area contributed by atoms with Gasteiger partial charge in [-0.25, -0.2) is 25.6 Å². The highest BCUT2D eigenvalue weighted by Gasteiger charge is 2.35. The Balaban J connectivity index is 0.000000202. The molecule has 0 amide bonds. The average Bonchev–Trinajstić information content (AvgIpc) is 3.53. The van der Waals surface area contributed by atoms with Crippen LogP contribution in [-0.4, -0.2) is 56.7 Å². The van der Waals surface area contributed by atoms with Gasteiger partial charge in [0.25, 0.3) is 0 Å². The summed E-state index contributed by atoms with van der Waals surface area (Å²) in [6, 6.07) is 8.33. The van der Waals surface area contributed by atoms with E-state index < -0.39 is 40.8 Å². The molecule has 12 nitrogen and oxygen atoms in total. The molecular formula is C36H43ClF2N8O4S2. The zero-order valence-corrected chi connectivity index (χ0v) is 33.5. The van der Waals surface area contributed by atoms with Crippen LogP contribution in [0, 0.1) is 39.3 Å². The lowest BCUT2D eigenvalue weighted by molar-refractivity contribution is 0.541. The van der Waals surface area contributed by atoms with Gasteiger partial charge in [0.05, 0.1) is 36.6 Å². The molecule has 4 heterocycles. The number of aromatic amines is 2. The quantitative estimate of drug-likeness (QED) is 0.135. The fraction of sp³-hybridized carbons (Fsp3) is 0.333. The number of benzene rings is 2. The Labute approximate surface area is 312 Å². The van der Waals surface area contributed by atoms with Crippen molar-refractivity contribution in [3.05, 3.63) is 88.0 Å². The monoisotopic (exact) mass is 788 g/mol. The van der Waals surface area contributed by atoms with Crippen LogP contribution in [0.1, 0.15) is 64.1 Å². The molecule has 4 aromatic heterocycles. The third-order valence-corrected chi connectivity index (χ3v) is 13.9. The fourth-order valence-corrected chi connectivity index (χ4v) is 7.45. The van der Waals surface area contributed by atoms with Gasteiger partial charge in [-0.15, -0.1) is 0 Å². The highest BCUT2D eigenvalue weighted by atomic mass is 35.5. The third kappa shape index (κ3) is 8.29. The number of fused-ring (bicyclic) bond motifs is 2. The minimum Gasteiger partial charge on any atom is -0.382 e. The molecule has 0 fully saturated rings. The molecule has 0 aliphatic carbocycles. The van der Waals surface area contributed by atoms with Crippen molar-refractivity contribution >= 4 is 70.4 Å². The summed E-state index contributed by atoms with van der Waals surface area (Å²) in [5, 5.41) is 17.5. The molecule has 6 rings (SSSR count). The van der Waals surface area contributed by atoms with E-state index in [9.17, 15) is 25.6 Å². The normalized spacial score (nSPS) is 12.2. The van der Waals surface area contributed by atoms with E-state index in [0.29, 0.717) is 33.7 Å². The van der Waals surface area contributed by atoms with E-state index in [1.165, 1.54) is 57.4 Å². The number of aromatic nitrogens is 6. The Hall–Kier alpha value is -4.67. The van der Waals surface area contributed by atoms with E-state index >= 15 is 0 Å². The first-order chi connectivity index (χ1) is 24.4. The second-order valence-electron chi connectivity index (χ2n) is 14.3. The number of nitrogen functional groups attached to an aromatic ring is 1. The summed E-state index contributed by atoms with van der Waals surface area (Å²) in [5.74, 6) is -0.420. The SMILES string of the molecule is CC(C)(C)S(=O)(=O)c1ccc2nccc(Cl)c2c1F.Cc1[nH]nc(N)c1C.Cc1[nH]nc(Nc2ccnc3cc(F)c(S(=O)(=O)C(C)(C)C)cc23)c1C. The number of nitrogens with zero attached hydrogens (tertiary/aromatic N) is 4. The van der Waals surface area contributed by atoms with E-state index in [1.807, 2.05) is 27.7 Å². The van der Waals surface area contributed by atoms with Crippen LogP contribution in [0.5, 0.6) is 0 Å². The summed E-state index contributed by atoms with van der Waals surface area (Å²) in [6.45, 7) is 16.9. The maximum absolute atomic E-state index is 14.5. The van der Waals surface area contributed by atoms with Gasteiger partial charge in [-0.2, -0.15) is 10.2 Å². The van der Waals surface area contributed by atoms with Crippen molar-refractivity contribution in [2.45, 2.75) is 88.5 Å². The second-order valence-corrected chi connectivity index (χ2v) is 20.0. The number of nitrogens with two attached hydrogens (primary N) is 1. The van der Waals surface area contributed by atoms with Gasteiger partial charge in [-0.1, -0.05) is 11.6 Å². The van der Waals surface area contributed by atoms with Crippen LogP contribution in [0.15, 0.2) is 58.6 Å². The lowest BCUT2D eigenvalue weighted by atomic mass is 10.1. The highest BCUT2D eigenvalue weighted by molar-refractivity contribution is 7.93. The van der Waals surface area contributed by atoms with Gasteiger partial charge in [0.15, 0.2) is 31.3 Å². The molecule has 5 N–H and O–H groups in total. The average molecular weight is 789 g/mol. The van der Waals surface area contributed by atoms with E-state index in [2.05, 4.69) is 35.7 Å². The third-order valence-electron chi connectivity index (χ3n) is 8.54. The Morgan fingerprint density at radius 2 is 1.28 bits per heavy atom. The molecule has 0 aliphatic rings. The molecule has 53 heavy (non-hydrogen) atoms. The summed E-state index contributed by atoms with van der Waals surface area (Å²) >= 11 is 5.92. The number of hydrogen-bond donors (Lipinski definition) is 4. The fourth-order valence-electron chi connectivity index (χ4n) is 4.72. The number of anilines is 3. The molecule has 0 aliphatic heterocycles. The Bertz CT molecular complexity index is 2520. The Morgan fingerprint density at radius 3 is 1.79 bits per heavy atom. The van der Waals surface area contributed by atoms with Crippen molar-refractivity contribution in [3.63, 3.8) is 0 Å². The number of sulfone groups is 2.